The van der Waals surface area contributed by atoms with Crippen LogP contribution in [0.25, 0.3) is 0 Å². The minimum absolute atomic E-state index is 0.367. The third-order valence-electron chi connectivity index (χ3n) is 2.56. The standard InChI is InChI=1S/C11H12N4O2/c12-6-8-7-15(4-5-17-8)11-9(10(13)16)2-1-3-14-11/h1-3,8H,4-5,7H2,(H2,13,16). The van der Waals surface area contributed by atoms with Crippen molar-refractivity contribution >= 4 is 11.7 Å². The number of nitriles is 1. The van der Waals surface area contributed by atoms with Crippen LogP contribution in [0.2, 0.25) is 0 Å². The molecule has 1 aliphatic rings. The lowest BCUT2D eigenvalue weighted by Gasteiger charge is -2.31. The molecular formula is C11H12N4O2. The molecule has 0 aliphatic carbocycles. The number of nitrogens with zero attached hydrogens (tertiary/aromatic N) is 3. The van der Waals surface area contributed by atoms with Gasteiger partial charge in [0.05, 0.1) is 24.8 Å². The largest absolute Gasteiger partial charge is 0.365 e. The highest BCUT2D eigenvalue weighted by atomic mass is 16.5. The van der Waals surface area contributed by atoms with Gasteiger partial charge in [-0.2, -0.15) is 5.26 Å². The Balaban J connectivity index is 2.28. The number of hydrogen-bond acceptors (Lipinski definition) is 5. The number of anilines is 1. The lowest BCUT2D eigenvalue weighted by molar-refractivity contribution is 0.0759. The molecule has 2 N–H and O–H groups in total. The number of carbonyl (C=O) groups excluding carboxylic acids is 1. The number of hydrogen-bond donors (Lipinski definition) is 1. The van der Waals surface area contributed by atoms with E-state index >= 15 is 0 Å². The Morgan fingerprint density at radius 1 is 1.71 bits per heavy atom. The molecule has 2 heterocycles. The van der Waals surface area contributed by atoms with Gasteiger partial charge in [0.1, 0.15) is 5.82 Å². The van der Waals surface area contributed by atoms with E-state index in [1.54, 1.807) is 18.3 Å². The van der Waals surface area contributed by atoms with Crippen LogP contribution in [0, 0.1) is 11.3 Å². The third-order valence-corrected chi connectivity index (χ3v) is 2.56. The van der Waals surface area contributed by atoms with Gasteiger partial charge in [0.15, 0.2) is 6.10 Å². The second-order valence-corrected chi connectivity index (χ2v) is 3.67. The summed E-state index contributed by atoms with van der Waals surface area (Å²) in [5, 5.41) is 8.82. The molecule has 1 unspecified atom stereocenters. The summed E-state index contributed by atoms with van der Waals surface area (Å²) < 4.78 is 5.23. The summed E-state index contributed by atoms with van der Waals surface area (Å²) in [5.74, 6) is -0.00310. The molecule has 1 aromatic heterocycles. The molecular weight excluding hydrogens is 220 g/mol. The van der Waals surface area contributed by atoms with Crippen LogP contribution in [0.5, 0.6) is 0 Å². The summed E-state index contributed by atoms with van der Waals surface area (Å²) in [6.45, 7) is 1.43. The van der Waals surface area contributed by atoms with Gasteiger partial charge in [-0.25, -0.2) is 4.98 Å². The molecule has 1 atom stereocenters. The molecule has 88 valence electrons. The number of rotatable bonds is 2. The highest BCUT2D eigenvalue weighted by Gasteiger charge is 2.23. The summed E-state index contributed by atoms with van der Waals surface area (Å²) in [4.78, 5) is 17.3. The van der Waals surface area contributed by atoms with E-state index in [0.29, 0.717) is 31.1 Å². The van der Waals surface area contributed by atoms with Crippen molar-refractivity contribution in [2.45, 2.75) is 6.10 Å². The number of carbonyl (C=O) groups is 1. The van der Waals surface area contributed by atoms with Crippen LogP contribution in [0.3, 0.4) is 0 Å². The minimum Gasteiger partial charge on any atom is -0.365 e. The number of aromatic nitrogens is 1. The maximum atomic E-state index is 11.3. The van der Waals surface area contributed by atoms with E-state index in [9.17, 15) is 4.79 Å². The van der Waals surface area contributed by atoms with Crippen molar-refractivity contribution in [3.05, 3.63) is 23.9 Å². The van der Waals surface area contributed by atoms with Gasteiger partial charge in [0.25, 0.3) is 5.91 Å². The molecule has 2 rings (SSSR count). The molecule has 0 radical (unpaired) electrons. The van der Waals surface area contributed by atoms with Gasteiger partial charge in [0, 0.05) is 12.7 Å². The quantitative estimate of drug-likeness (QED) is 0.769. The Morgan fingerprint density at radius 3 is 3.24 bits per heavy atom. The Bertz CT molecular complexity index is 469. The number of primary amides is 1. The predicted octanol–water partition coefficient (Wildman–Crippen LogP) is -0.0907. The Labute approximate surface area is 98.6 Å². The first-order valence-electron chi connectivity index (χ1n) is 5.23. The molecule has 1 amide bonds. The van der Waals surface area contributed by atoms with Crippen LogP contribution < -0.4 is 10.6 Å². The molecule has 0 bridgehead atoms. The summed E-state index contributed by atoms with van der Waals surface area (Å²) in [6, 6.07) is 5.33. The SMILES string of the molecule is N#CC1CN(c2ncccc2C(N)=O)CCO1. The second-order valence-electron chi connectivity index (χ2n) is 3.67. The number of ether oxygens (including phenoxy) is 1. The van der Waals surface area contributed by atoms with Crippen molar-refractivity contribution in [3.8, 4) is 6.07 Å². The summed E-state index contributed by atoms with van der Waals surface area (Å²) in [6.07, 6.45) is 1.10. The first-order chi connectivity index (χ1) is 8.22. The summed E-state index contributed by atoms with van der Waals surface area (Å²) in [5.41, 5.74) is 5.65. The molecule has 1 aliphatic heterocycles. The lowest BCUT2D eigenvalue weighted by Crippen LogP contribution is -2.43. The molecule has 1 aromatic rings. The van der Waals surface area contributed by atoms with Gasteiger partial charge in [0.2, 0.25) is 0 Å². The van der Waals surface area contributed by atoms with Crippen LogP contribution in [0.1, 0.15) is 10.4 Å². The average molecular weight is 232 g/mol. The van der Waals surface area contributed by atoms with Gasteiger partial charge in [-0.05, 0) is 12.1 Å². The van der Waals surface area contributed by atoms with E-state index in [4.69, 9.17) is 15.7 Å². The van der Waals surface area contributed by atoms with Crippen molar-refractivity contribution in [1.29, 1.82) is 5.26 Å². The fourth-order valence-electron chi connectivity index (χ4n) is 1.76. The molecule has 0 spiro atoms. The number of nitrogens with two attached hydrogens (primary N) is 1. The minimum atomic E-state index is -0.520. The molecule has 1 fully saturated rings. The maximum absolute atomic E-state index is 11.3. The van der Waals surface area contributed by atoms with E-state index in [2.05, 4.69) is 4.98 Å². The van der Waals surface area contributed by atoms with E-state index in [1.807, 2.05) is 11.0 Å². The van der Waals surface area contributed by atoms with Crippen LogP contribution >= 0.6 is 0 Å². The highest BCUT2D eigenvalue weighted by Crippen LogP contribution is 2.19. The van der Waals surface area contributed by atoms with Crippen LogP contribution in [-0.2, 0) is 4.74 Å². The average Bonchev–Trinajstić information content (AvgIpc) is 2.39. The number of morpholine rings is 1. The van der Waals surface area contributed by atoms with Crippen molar-refractivity contribution in [2.75, 3.05) is 24.6 Å². The molecule has 6 heteroatoms. The normalized spacial score (nSPS) is 19.7. The van der Waals surface area contributed by atoms with E-state index < -0.39 is 12.0 Å². The highest BCUT2D eigenvalue weighted by molar-refractivity contribution is 5.97. The van der Waals surface area contributed by atoms with Crippen molar-refractivity contribution in [2.24, 2.45) is 5.73 Å². The van der Waals surface area contributed by atoms with E-state index in [0.717, 1.165) is 0 Å². The smallest absolute Gasteiger partial charge is 0.252 e. The van der Waals surface area contributed by atoms with Crippen molar-refractivity contribution in [3.63, 3.8) is 0 Å². The monoisotopic (exact) mass is 232 g/mol. The Morgan fingerprint density at radius 2 is 2.53 bits per heavy atom. The maximum Gasteiger partial charge on any atom is 0.252 e. The first-order valence-corrected chi connectivity index (χ1v) is 5.23. The van der Waals surface area contributed by atoms with Gasteiger partial charge in [-0.1, -0.05) is 0 Å². The summed E-state index contributed by atoms with van der Waals surface area (Å²) in [7, 11) is 0. The number of amides is 1. The van der Waals surface area contributed by atoms with Crippen molar-refractivity contribution < 1.29 is 9.53 Å². The molecule has 1 saturated heterocycles. The van der Waals surface area contributed by atoms with E-state index in [1.165, 1.54) is 0 Å². The molecule has 17 heavy (non-hydrogen) atoms. The zero-order valence-corrected chi connectivity index (χ0v) is 9.17. The van der Waals surface area contributed by atoms with Crippen LogP contribution in [-0.4, -0.2) is 36.7 Å². The summed E-state index contributed by atoms with van der Waals surface area (Å²) >= 11 is 0. The van der Waals surface area contributed by atoms with Crippen LogP contribution in [0.15, 0.2) is 18.3 Å². The molecule has 6 nitrogen and oxygen atoms in total. The lowest BCUT2D eigenvalue weighted by atomic mass is 10.2. The fraction of sp³-hybridized carbons (Fsp3) is 0.364. The van der Waals surface area contributed by atoms with Crippen molar-refractivity contribution in [1.82, 2.24) is 4.98 Å². The zero-order valence-electron chi connectivity index (χ0n) is 9.17. The molecule has 0 aromatic carbocycles. The fourth-order valence-corrected chi connectivity index (χ4v) is 1.76. The van der Waals surface area contributed by atoms with Gasteiger partial charge in [-0.15, -0.1) is 0 Å². The van der Waals surface area contributed by atoms with Crippen LogP contribution in [0.4, 0.5) is 5.82 Å². The zero-order chi connectivity index (χ0) is 12.3. The predicted molar refractivity (Wildman–Crippen MR) is 60.3 cm³/mol. The van der Waals surface area contributed by atoms with Gasteiger partial charge < -0.3 is 15.4 Å². The number of pyridine rings is 1. The Hall–Kier alpha value is -2.13. The molecule has 0 saturated carbocycles. The van der Waals surface area contributed by atoms with E-state index in [-0.39, 0.29) is 0 Å². The third kappa shape index (κ3) is 2.34. The Kier molecular flexibility index (Phi) is 3.21. The van der Waals surface area contributed by atoms with Gasteiger partial charge in [-0.3, -0.25) is 4.79 Å². The van der Waals surface area contributed by atoms with Gasteiger partial charge >= 0.3 is 0 Å². The first kappa shape index (κ1) is 11.4. The topological polar surface area (TPSA) is 92.2 Å². The second kappa shape index (κ2) is 4.80.